The number of carbonyl (C=O) groups is 1. The molecule has 0 bridgehead atoms. The Labute approximate surface area is 129 Å². The highest BCUT2D eigenvalue weighted by atomic mass is 16.5. The van der Waals surface area contributed by atoms with Crippen molar-refractivity contribution in [3.63, 3.8) is 0 Å². The molecule has 0 aliphatic rings. The van der Waals surface area contributed by atoms with E-state index in [1.807, 2.05) is 0 Å². The molecule has 1 aromatic carbocycles. The molecule has 118 valence electrons. The zero-order chi connectivity index (χ0) is 15.7. The molecule has 0 spiro atoms. The van der Waals surface area contributed by atoms with Gasteiger partial charge in [0.1, 0.15) is 5.75 Å². The lowest BCUT2D eigenvalue weighted by Crippen LogP contribution is -2.24. The van der Waals surface area contributed by atoms with Crippen molar-refractivity contribution in [3.8, 4) is 5.75 Å². The molecule has 1 aromatic rings. The van der Waals surface area contributed by atoms with Crippen LogP contribution in [0.5, 0.6) is 5.75 Å². The molecule has 0 unspecified atom stereocenters. The molecule has 0 aliphatic carbocycles. The molecule has 1 N–H and O–H groups in total. The van der Waals surface area contributed by atoms with Crippen molar-refractivity contribution >= 4 is 5.91 Å². The molecule has 0 aromatic heterocycles. The predicted octanol–water partition coefficient (Wildman–Crippen LogP) is 4.42. The first-order chi connectivity index (χ1) is 9.92. The van der Waals surface area contributed by atoms with Crippen LogP contribution in [0.25, 0.3) is 0 Å². The van der Waals surface area contributed by atoms with Gasteiger partial charge in [0.05, 0.1) is 7.11 Å². The molecule has 21 heavy (non-hydrogen) atoms. The summed E-state index contributed by atoms with van der Waals surface area (Å²) in [6.07, 6.45) is 6.02. The van der Waals surface area contributed by atoms with Crippen LogP contribution in [0.2, 0.25) is 0 Å². The van der Waals surface area contributed by atoms with Gasteiger partial charge in [-0.1, -0.05) is 40.0 Å². The Kier molecular flexibility index (Phi) is 7.27. The van der Waals surface area contributed by atoms with Crippen molar-refractivity contribution < 1.29 is 9.53 Å². The van der Waals surface area contributed by atoms with Gasteiger partial charge in [0.15, 0.2) is 0 Å². The highest BCUT2D eigenvalue weighted by Gasteiger charge is 2.09. The molecule has 0 radical (unpaired) electrons. The van der Waals surface area contributed by atoms with Gasteiger partial charge in [0.25, 0.3) is 5.91 Å². The molecule has 0 aliphatic heterocycles. The van der Waals surface area contributed by atoms with Crippen LogP contribution < -0.4 is 10.1 Å². The van der Waals surface area contributed by atoms with Crippen LogP contribution in [0.4, 0.5) is 0 Å². The number of unbranched alkanes of at least 4 members (excludes halogenated alkanes) is 3. The molecule has 0 saturated heterocycles. The van der Waals surface area contributed by atoms with E-state index in [4.69, 9.17) is 4.74 Å². The summed E-state index contributed by atoms with van der Waals surface area (Å²) in [5, 5.41) is 2.96. The molecule has 1 rings (SSSR count). The Morgan fingerprint density at radius 3 is 2.24 bits per heavy atom. The van der Waals surface area contributed by atoms with Crippen molar-refractivity contribution in [1.29, 1.82) is 0 Å². The number of methoxy groups -OCH3 is 1. The molecule has 0 fully saturated rings. The van der Waals surface area contributed by atoms with E-state index in [-0.39, 0.29) is 5.91 Å². The minimum atomic E-state index is -0.00709. The highest BCUT2D eigenvalue weighted by molar-refractivity contribution is 5.94. The normalized spacial score (nSPS) is 11.2. The van der Waals surface area contributed by atoms with Gasteiger partial charge in [0.2, 0.25) is 0 Å². The van der Waals surface area contributed by atoms with Crippen LogP contribution in [0.15, 0.2) is 24.3 Å². The molecular weight excluding hydrogens is 262 g/mol. The number of nitrogens with one attached hydrogen (secondary N) is 1. The van der Waals surface area contributed by atoms with Crippen LogP contribution >= 0.6 is 0 Å². The zero-order valence-electron chi connectivity index (χ0n) is 13.9. The fraction of sp³-hybridized carbons (Fsp3) is 0.611. The largest absolute Gasteiger partial charge is 0.497 e. The summed E-state index contributed by atoms with van der Waals surface area (Å²) in [7, 11) is 1.62. The van der Waals surface area contributed by atoms with E-state index in [0.717, 1.165) is 18.7 Å². The van der Waals surface area contributed by atoms with Crippen LogP contribution in [0, 0.1) is 5.41 Å². The minimum Gasteiger partial charge on any atom is -0.497 e. The number of hydrogen-bond acceptors (Lipinski definition) is 2. The third-order valence-electron chi connectivity index (χ3n) is 3.49. The van der Waals surface area contributed by atoms with Gasteiger partial charge in [-0.05, 0) is 42.5 Å². The minimum absolute atomic E-state index is 0.00709. The summed E-state index contributed by atoms with van der Waals surface area (Å²) < 4.78 is 5.08. The molecule has 0 atom stereocenters. The van der Waals surface area contributed by atoms with Crippen molar-refractivity contribution in [2.45, 2.75) is 52.9 Å². The first kappa shape index (κ1) is 17.5. The van der Waals surface area contributed by atoms with Gasteiger partial charge in [-0.25, -0.2) is 0 Å². The van der Waals surface area contributed by atoms with E-state index in [9.17, 15) is 4.79 Å². The summed E-state index contributed by atoms with van der Waals surface area (Å²) in [4.78, 5) is 11.9. The monoisotopic (exact) mass is 291 g/mol. The molecular formula is C18H29NO2. The summed E-state index contributed by atoms with van der Waals surface area (Å²) in [5.74, 6) is 0.762. The van der Waals surface area contributed by atoms with E-state index in [1.54, 1.807) is 31.4 Å². The number of benzene rings is 1. The Bertz CT molecular complexity index is 418. The van der Waals surface area contributed by atoms with Crippen LogP contribution in [-0.4, -0.2) is 19.6 Å². The number of hydrogen-bond donors (Lipinski definition) is 1. The lowest BCUT2D eigenvalue weighted by molar-refractivity contribution is 0.0953. The van der Waals surface area contributed by atoms with Gasteiger partial charge in [-0.2, -0.15) is 0 Å². The van der Waals surface area contributed by atoms with Crippen molar-refractivity contribution in [3.05, 3.63) is 29.8 Å². The SMILES string of the molecule is COc1ccc(C(=O)NCCCCCCC(C)(C)C)cc1. The fourth-order valence-electron chi connectivity index (χ4n) is 2.18. The third-order valence-corrected chi connectivity index (χ3v) is 3.49. The molecule has 3 heteroatoms. The Morgan fingerprint density at radius 2 is 1.67 bits per heavy atom. The fourth-order valence-corrected chi connectivity index (χ4v) is 2.18. The van der Waals surface area contributed by atoms with Crippen LogP contribution in [0.1, 0.15) is 63.2 Å². The first-order valence-electron chi connectivity index (χ1n) is 7.84. The number of rotatable bonds is 8. The average molecular weight is 291 g/mol. The zero-order valence-corrected chi connectivity index (χ0v) is 13.9. The molecule has 0 saturated carbocycles. The lowest BCUT2D eigenvalue weighted by atomic mass is 9.89. The predicted molar refractivity (Wildman–Crippen MR) is 87.9 cm³/mol. The topological polar surface area (TPSA) is 38.3 Å². The standard InChI is InChI=1S/C18H29NO2/c1-18(2,3)13-7-5-6-8-14-19-17(20)15-9-11-16(21-4)12-10-15/h9-12H,5-8,13-14H2,1-4H3,(H,19,20). The van der Waals surface area contributed by atoms with E-state index in [2.05, 4.69) is 26.1 Å². The maximum absolute atomic E-state index is 11.9. The summed E-state index contributed by atoms with van der Waals surface area (Å²) >= 11 is 0. The Balaban J connectivity index is 2.13. The van der Waals surface area contributed by atoms with Gasteiger partial charge in [-0.15, -0.1) is 0 Å². The summed E-state index contributed by atoms with van der Waals surface area (Å²) in [5.41, 5.74) is 1.12. The first-order valence-corrected chi connectivity index (χ1v) is 7.84. The number of carbonyl (C=O) groups excluding carboxylic acids is 1. The molecule has 1 amide bonds. The van der Waals surface area contributed by atoms with Crippen molar-refractivity contribution in [1.82, 2.24) is 5.32 Å². The van der Waals surface area contributed by atoms with E-state index >= 15 is 0 Å². The maximum atomic E-state index is 11.9. The second-order valence-electron chi connectivity index (χ2n) is 6.71. The summed E-state index contributed by atoms with van der Waals surface area (Å²) in [6.45, 7) is 7.59. The second kappa shape index (κ2) is 8.71. The lowest BCUT2D eigenvalue weighted by Gasteiger charge is -2.17. The van der Waals surface area contributed by atoms with E-state index in [1.165, 1.54) is 25.7 Å². The van der Waals surface area contributed by atoms with Crippen LogP contribution in [-0.2, 0) is 0 Å². The molecule has 3 nitrogen and oxygen atoms in total. The van der Waals surface area contributed by atoms with Gasteiger partial charge >= 0.3 is 0 Å². The summed E-state index contributed by atoms with van der Waals surface area (Å²) in [6, 6.07) is 7.19. The third kappa shape index (κ3) is 7.74. The van der Waals surface area contributed by atoms with Crippen molar-refractivity contribution in [2.75, 3.05) is 13.7 Å². The van der Waals surface area contributed by atoms with E-state index in [0.29, 0.717) is 11.0 Å². The maximum Gasteiger partial charge on any atom is 0.251 e. The highest BCUT2D eigenvalue weighted by Crippen LogP contribution is 2.22. The number of amides is 1. The second-order valence-corrected chi connectivity index (χ2v) is 6.71. The van der Waals surface area contributed by atoms with E-state index < -0.39 is 0 Å². The quantitative estimate of drug-likeness (QED) is 0.720. The Hall–Kier alpha value is -1.51. The average Bonchev–Trinajstić information content (AvgIpc) is 2.45. The smallest absolute Gasteiger partial charge is 0.251 e. The Morgan fingerprint density at radius 1 is 1.05 bits per heavy atom. The van der Waals surface area contributed by atoms with Gasteiger partial charge in [0, 0.05) is 12.1 Å². The van der Waals surface area contributed by atoms with Gasteiger partial charge in [-0.3, -0.25) is 4.79 Å². The van der Waals surface area contributed by atoms with Crippen molar-refractivity contribution in [2.24, 2.45) is 5.41 Å². The van der Waals surface area contributed by atoms with Gasteiger partial charge < -0.3 is 10.1 Å². The van der Waals surface area contributed by atoms with Crippen LogP contribution in [0.3, 0.4) is 0 Å². The number of ether oxygens (including phenoxy) is 1. The molecule has 0 heterocycles.